The van der Waals surface area contributed by atoms with Gasteiger partial charge in [-0.15, -0.1) is 0 Å². The van der Waals surface area contributed by atoms with Crippen LogP contribution >= 0.6 is 0 Å². The Hall–Kier alpha value is -3.42. The standard InChI is InChI=1S/C20H23N5O3/c1-14(26)22-17-4-3-5-18(13-17)23-19-12-16(6-7-21-19)20(28)25-10-8-24(9-11-25)15(2)27/h3-7,12-13H,8-11H2,1-2H3,(H,21,23)(H,22,26). The van der Waals surface area contributed by atoms with Crippen LogP contribution in [-0.4, -0.2) is 58.7 Å². The van der Waals surface area contributed by atoms with E-state index in [1.807, 2.05) is 12.1 Å². The number of piperazine rings is 1. The van der Waals surface area contributed by atoms with Crippen molar-refractivity contribution in [3.63, 3.8) is 0 Å². The molecule has 0 spiro atoms. The predicted octanol–water partition coefficient (Wildman–Crippen LogP) is 2.09. The van der Waals surface area contributed by atoms with Crippen LogP contribution in [0, 0.1) is 0 Å². The van der Waals surface area contributed by atoms with E-state index >= 15 is 0 Å². The molecule has 2 aromatic rings. The fraction of sp³-hybridized carbons (Fsp3) is 0.300. The van der Waals surface area contributed by atoms with Gasteiger partial charge in [-0.2, -0.15) is 0 Å². The highest BCUT2D eigenvalue weighted by molar-refractivity contribution is 5.95. The third kappa shape index (κ3) is 4.85. The molecule has 1 saturated heterocycles. The average molecular weight is 381 g/mol. The summed E-state index contributed by atoms with van der Waals surface area (Å²) in [6.07, 6.45) is 1.58. The van der Waals surface area contributed by atoms with Gasteiger partial charge in [0.25, 0.3) is 5.91 Å². The molecule has 8 nitrogen and oxygen atoms in total. The number of pyridine rings is 1. The molecular formula is C20H23N5O3. The fourth-order valence-corrected chi connectivity index (χ4v) is 3.06. The molecule has 3 amide bonds. The second-order valence-corrected chi connectivity index (χ2v) is 6.62. The second kappa shape index (κ2) is 8.51. The number of hydrogen-bond donors (Lipinski definition) is 2. The van der Waals surface area contributed by atoms with Crippen LogP contribution in [0.15, 0.2) is 42.6 Å². The van der Waals surface area contributed by atoms with Gasteiger partial charge in [0.05, 0.1) is 0 Å². The lowest BCUT2D eigenvalue weighted by Gasteiger charge is -2.34. The molecule has 146 valence electrons. The van der Waals surface area contributed by atoms with Crippen molar-refractivity contribution in [2.24, 2.45) is 0 Å². The predicted molar refractivity (Wildman–Crippen MR) is 106 cm³/mol. The van der Waals surface area contributed by atoms with Crippen molar-refractivity contribution in [1.29, 1.82) is 0 Å². The number of nitrogens with one attached hydrogen (secondary N) is 2. The van der Waals surface area contributed by atoms with E-state index in [0.717, 1.165) is 5.69 Å². The minimum atomic E-state index is -0.146. The Kier molecular flexibility index (Phi) is 5.88. The summed E-state index contributed by atoms with van der Waals surface area (Å²) in [7, 11) is 0. The molecule has 0 saturated carbocycles. The molecule has 1 aromatic carbocycles. The van der Waals surface area contributed by atoms with Gasteiger partial charge in [0.2, 0.25) is 11.8 Å². The van der Waals surface area contributed by atoms with Gasteiger partial charge < -0.3 is 20.4 Å². The first-order chi connectivity index (χ1) is 13.4. The molecule has 1 aliphatic rings. The van der Waals surface area contributed by atoms with Crippen LogP contribution in [0.1, 0.15) is 24.2 Å². The molecule has 0 radical (unpaired) electrons. The van der Waals surface area contributed by atoms with Gasteiger partial charge in [0.1, 0.15) is 5.82 Å². The number of rotatable bonds is 4. The summed E-state index contributed by atoms with van der Waals surface area (Å²) in [5, 5.41) is 5.88. The lowest BCUT2D eigenvalue weighted by molar-refractivity contribution is -0.130. The molecule has 0 atom stereocenters. The zero-order valence-corrected chi connectivity index (χ0v) is 15.9. The molecule has 3 rings (SSSR count). The van der Waals surface area contributed by atoms with E-state index in [1.165, 1.54) is 6.92 Å². The van der Waals surface area contributed by atoms with E-state index in [1.54, 1.807) is 47.2 Å². The maximum atomic E-state index is 12.8. The Labute approximate surface area is 163 Å². The van der Waals surface area contributed by atoms with E-state index in [2.05, 4.69) is 15.6 Å². The zero-order chi connectivity index (χ0) is 20.1. The number of hydrogen-bond acceptors (Lipinski definition) is 5. The number of carbonyl (C=O) groups is 3. The van der Waals surface area contributed by atoms with Gasteiger partial charge in [0.15, 0.2) is 0 Å². The third-order valence-corrected chi connectivity index (χ3v) is 4.47. The smallest absolute Gasteiger partial charge is 0.254 e. The Morgan fingerprint density at radius 2 is 1.61 bits per heavy atom. The number of carbonyl (C=O) groups excluding carboxylic acids is 3. The van der Waals surface area contributed by atoms with Crippen LogP contribution in [0.3, 0.4) is 0 Å². The van der Waals surface area contributed by atoms with Crippen LogP contribution in [0.25, 0.3) is 0 Å². The molecule has 0 aliphatic carbocycles. The molecular weight excluding hydrogens is 358 g/mol. The molecule has 2 N–H and O–H groups in total. The van der Waals surface area contributed by atoms with Gasteiger partial charge in [-0.05, 0) is 30.3 Å². The van der Waals surface area contributed by atoms with E-state index < -0.39 is 0 Å². The number of benzene rings is 1. The Morgan fingerprint density at radius 3 is 2.29 bits per heavy atom. The topological polar surface area (TPSA) is 94.6 Å². The average Bonchev–Trinajstić information content (AvgIpc) is 2.67. The number of anilines is 3. The van der Waals surface area contributed by atoms with Crippen LogP contribution in [0.2, 0.25) is 0 Å². The summed E-state index contributed by atoms with van der Waals surface area (Å²) in [5.41, 5.74) is 1.96. The third-order valence-electron chi connectivity index (χ3n) is 4.47. The highest BCUT2D eigenvalue weighted by Gasteiger charge is 2.23. The van der Waals surface area contributed by atoms with Gasteiger partial charge in [-0.25, -0.2) is 4.98 Å². The van der Waals surface area contributed by atoms with Crippen molar-refractivity contribution in [1.82, 2.24) is 14.8 Å². The molecule has 8 heteroatoms. The second-order valence-electron chi connectivity index (χ2n) is 6.62. The monoisotopic (exact) mass is 381 g/mol. The van der Waals surface area contributed by atoms with Gasteiger partial charge in [-0.1, -0.05) is 6.07 Å². The summed E-state index contributed by atoms with van der Waals surface area (Å²) >= 11 is 0. The summed E-state index contributed by atoms with van der Waals surface area (Å²) < 4.78 is 0. The van der Waals surface area contributed by atoms with Gasteiger partial charge in [0, 0.05) is 63.2 Å². The van der Waals surface area contributed by atoms with E-state index in [9.17, 15) is 14.4 Å². The van der Waals surface area contributed by atoms with Crippen LogP contribution < -0.4 is 10.6 Å². The van der Waals surface area contributed by atoms with Crippen molar-refractivity contribution in [3.8, 4) is 0 Å². The number of aromatic nitrogens is 1. The zero-order valence-electron chi connectivity index (χ0n) is 15.9. The van der Waals surface area contributed by atoms with Crippen LogP contribution in [0.5, 0.6) is 0 Å². The normalized spacial score (nSPS) is 13.8. The van der Waals surface area contributed by atoms with Crippen molar-refractivity contribution >= 4 is 34.9 Å². The van der Waals surface area contributed by atoms with Gasteiger partial charge >= 0.3 is 0 Å². The Balaban J connectivity index is 1.68. The van der Waals surface area contributed by atoms with Crippen LogP contribution in [0.4, 0.5) is 17.2 Å². The maximum Gasteiger partial charge on any atom is 0.254 e. The Bertz CT molecular complexity index is 891. The number of nitrogens with zero attached hydrogens (tertiary/aromatic N) is 3. The minimum absolute atomic E-state index is 0.0315. The van der Waals surface area contributed by atoms with Crippen molar-refractivity contribution < 1.29 is 14.4 Å². The maximum absolute atomic E-state index is 12.8. The summed E-state index contributed by atoms with van der Waals surface area (Å²) in [6, 6.07) is 10.6. The van der Waals surface area contributed by atoms with Crippen molar-refractivity contribution in [2.45, 2.75) is 13.8 Å². The Morgan fingerprint density at radius 1 is 0.929 bits per heavy atom. The fourth-order valence-electron chi connectivity index (χ4n) is 3.06. The summed E-state index contributed by atoms with van der Waals surface area (Å²) in [5.74, 6) is 0.338. The van der Waals surface area contributed by atoms with Crippen molar-refractivity contribution in [2.75, 3.05) is 36.8 Å². The van der Waals surface area contributed by atoms with E-state index in [-0.39, 0.29) is 17.7 Å². The van der Waals surface area contributed by atoms with E-state index in [0.29, 0.717) is 43.2 Å². The molecule has 0 unspecified atom stereocenters. The quantitative estimate of drug-likeness (QED) is 0.846. The molecule has 1 aromatic heterocycles. The molecule has 28 heavy (non-hydrogen) atoms. The highest BCUT2D eigenvalue weighted by atomic mass is 16.2. The lowest BCUT2D eigenvalue weighted by atomic mass is 10.2. The minimum Gasteiger partial charge on any atom is -0.340 e. The molecule has 2 heterocycles. The molecule has 1 aliphatic heterocycles. The van der Waals surface area contributed by atoms with E-state index in [4.69, 9.17) is 0 Å². The summed E-state index contributed by atoms with van der Waals surface area (Å²) in [4.78, 5) is 43.2. The first-order valence-corrected chi connectivity index (χ1v) is 9.08. The van der Waals surface area contributed by atoms with Gasteiger partial charge in [-0.3, -0.25) is 14.4 Å². The largest absolute Gasteiger partial charge is 0.340 e. The van der Waals surface area contributed by atoms with Crippen LogP contribution in [-0.2, 0) is 9.59 Å². The number of amides is 3. The van der Waals surface area contributed by atoms with Crippen molar-refractivity contribution in [3.05, 3.63) is 48.2 Å². The molecule has 0 bridgehead atoms. The molecule has 1 fully saturated rings. The summed E-state index contributed by atoms with van der Waals surface area (Å²) in [6.45, 7) is 5.12. The highest BCUT2D eigenvalue weighted by Crippen LogP contribution is 2.20. The lowest BCUT2D eigenvalue weighted by Crippen LogP contribution is -2.50. The first-order valence-electron chi connectivity index (χ1n) is 9.08. The SMILES string of the molecule is CC(=O)Nc1cccc(Nc2cc(C(=O)N3CCN(C(C)=O)CC3)ccn2)c1. The first kappa shape index (κ1) is 19.3.